The summed E-state index contributed by atoms with van der Waals surface area (Å²) in [4.78, 5) is 2.30. The van der Waals surface area contributed by atoms with Crippen LogP contribution in [0.3, 0.4) is 0 Å². The topological polar surface area (TPSA) is 3.24 Å². The molecule has 0 aromatic carbocycles. The molecular weight excluding hydrogens is 162 g/mol. The Hall–Kier alpha value is 0.660. The molecule has 0 amide bonds. The standard InChI is InChI=1S/C7H15NS2/c1-6-2-4-8(5-3-6)7(9)10/h6-7,9-10H,2-5H2,1H3. The van der Waals surface area contributed by atoms with Crippen molar-refractivity contribution in [3.8, 4) is 0 Å². The van der Waals surface area contributed by atoms with Gasteiger partial charge in [-0.1, -0.05) is 6.92 Å². The summed E-state index contributed by atoms with van der Waals surface area (Å²) in [6.45, 7) is 4.64. The molecule has 1 nitrogen and oxygen atoms in total. The zero-order valence-electron chi connectivity index (χ0n) is 6.32. The molecule has 0 aromatic rings. The molecule has 1 aliphatic heterocycles. The smallest absolute Gasteiger partial charge is 0.0969 e. The van der Waals surface area contributed by atoms with Crippen molar-refractivity contribution in [2.24, 2.45) is 5.92 Å². The monoisotopic (exact) mass is 177 g/mol. The van der Waals surface area contributed by atoms with E-state index in [0.29, 0.717) is 0 Å². The first-order valence-electron chi connectivity index (χ1n) is 3.80. The molecule has 10 heavy (non-hydrogen) atoms. The van der Waals surface area contributed by atoms with Crippen molar-refractivity contribution in [2.75, 3.05) is 13.1 Å². The van der Waals surface area contributed by atoms with Crippen LogP contribution in [0.1, 0.15) is 19.8 Å². The van der Waals surface area contributed by atoms with E-state index in [2.05, 4.69) is 37.1 Å². The number of hydrogen-bond donors (Lipinski definition) is 2. The minimum absolute atomic E-state index is 0.146. The van der Waals surface area contributed by atoms with Crippen LogP contribution in [0.4, 0.5) is 0 Å². The molecule has 0 N–H and O–H groups in total. The second-order valence-corrected chi connectivity index (χ2v) is 4.45. The van der Waals surface area contributed by atoms with E-state index >= 15 is 0 Å². The van der Waals surface area contributed by atoms with Crippen molar-refractivity contribution in [3.05, 3.63) is 0 Å². The molecule has 0 aliphatic carbocycles. The van der Waals surface area contributed by atoms with Gasteiger partial charge in [0.05, 0.1) is 4.71 Å². The lowest BCUT2D eigenvalue weighted by Crippen LogP contribution is -2.35. The highest BCUT2D eigenvalue weighted by molar-refractivity contribution is 7.99. The fourth-order valence-corrected chi connectivity index (χ4v) is 1.72. The minimum Gasteiger partial charge on any atom is -0.284 e. The van der Waals surface area contributed by atoms with Gasteiger partial charge in [0, 0.05) is 13.1 Å². The average Bonchev–Trinajstić information content (AvgIpc) is 1.88. The zero-order valence-corrected chi connectivity index (χ0v) is 8.11. The molecule has 0 radical (unpaired) electrons. The van der Waals surface area contributed by atoms with Gasteiger partial charge in [-0.2, -0.15) is 0 Å². The summed E-state index contributed by atoms with van der Waals surface area (Å²) in [6, 6.07) is 0. The first-order valence-corrected chi connectivity index (χ1v) is 4.83. The largest absolute Gasteiger partial charge is 0.284 e. The molecule has 1 saturated heterocycles. The normalized spacial score (nSPS) is 24.0. The predicted octanol–water partition coefficient (Wildman–Crippen LogP) is 1.86. The van der Waals surface area contributed by atoms with Crippen LogP contribution in [0.5, 0.6) is 0 Å². The molecule has 0 atom stereocenters. The lowest BCUT2D eigenvalue weighted by molar-refractivity contribution is 0.212. The second kappa shape index (κ2) is 3.88. The lowest BCUT2D eigenvalue weighted by atomic mass is 10.00. The molecule has 1 fully saturated rings. The number of hydrogen-bond acceptors (Lipinski definition) is 3. The molecule has 1 heterocycles. The van der Waals surface area contributed by atoms with Gasteiger partial charge in [-0.3, -0.25) is 4.90 Å². The Morgan fingerprint density at radius 2 is 1.80 bits per heavy atom. The number of rotatable bonds is 1. The van der Waals surface area contributed by atoms with Crippen molar-refractivity contribution in [3.63, 3.8) is 0 Å². The van der Waals surface area contributed by atoms with Gasteiger partial charge in [0.25, 0.3) is 0 Å². The van der Waals surface area contributed by atoms with Crippen molar-refractivity contribution in [2.45, 2.75) is 24.5 Å². The summed E-state index contributed by atoms with van der Waals surface area (Å²) in [6.07, 6.45) is 2.61. The molecule has 0 bridgehead atoms. The molecule has 0 aromatic heterocycles. The number of nitrogens with zero attached hydrogens (tertiary/aromatic N) is 1. The highest BCUT2D eigenvalue weighted by Gasteiger charge is 2.17. The molecule has 60 valence electrons. The molecule has 0 unspecified atom stereocenters. The Labute approximate surface area is 74.0 Å². The molecule has 3 heteroatoms. The van der Waals surface area contributed by atoms with Crippen LogP contribution < -0.4 is 0 Å². The summed E-state index contributed by atoms with van der Waals surface area (Å²) < 4.78 is 0.146. The van der Waals surface area contributed by atoms with E-state index in [4.69, 9.17) is 0 Å². The van der Waals surface area contributed by atoms with Gasteiger partial charge < -0.3 is 0 Å². The van der Waals surface area contributed by atoms with Crippen LogP contribution in [0.2, 0.25) is 0 Å². The molecule has 1 rings (SSSR count). The van der Waals surface area contributed by atoms with E-state index < -0.39 is 0 Å². The van der Waals surface area contributed by atoms with E-state index in [1.54, 1.807) is 0 Å². The van der Waals surface area contributed by atoms with Crippen LogP contribution in [0.25, 0.3) is 0 Å². The maximum atomic E-state index is 4.26. The third-order valence-corrected chi connectivity index (χ3v) is 2.80. The molecule has 0 saturated carbocycles. The van der Waals surface area contributed by atoms with E-state index in [0.717, 1.165) is 5.92 Å². The Kier molecular flexibility index (Phi) is 3.40. The summed E-state index contributed by atoms with van der Waals surface area (Å²) in [5.74, 6) is 0.900. The van der Waals surface area contributed by atoms with Crippen LogP contribution in [-0.4, -0.2) is 22.7 Å². The number of likely N-dealkylation sites (tertiary alicyclic amines) is 1. The van der Waals surface area contributed by atoms with Crippen molar-refractivity contribution in [1.29, 1.82) is 0 Å². The van der Waals surface area contributed by atoms with Crippen molar-refractivity contribution in [1.82, 2.24) is 4.90 Å². The van der Waals surface area contributed by atoms with Gasteiger partial charge in [-0.25, -0.2) is 0 Å². The van der Waals surface area contributed by atoms with Crippen LogP contribution in [0, 0.1) is 5.92 Å². The van der Waals surface area contributed by atoms with E-state index in [1.807, 2.05) is 0 Å². The number of thiol groups is 2. The van der Waals surface area contributed by atoms with Gasteiger partial charge in [0.2, 0.25) is 0 Å². The molecule has 0 spiro atoms. The second-order valence-electron chi connectivity index (χ2n) is 3.06. The molecule has 1 aliphatic rings. The Morgan fingerprint density at radius 1 is 1.30 bits per heavy atom. The third-order valence-electron chi connectivity index (χ3n) is 2.14. The van der Waals surface area contributed by atoms with Gasteiger partial charge >= 0.3 is 0 Å². The Morgan fingerprint density at radius 3 is 2.20 bits per heavy atom. The minimum atomic E-state index is 0.146. The first-order chi connectivity index (χ1) is 4.70. The Balaban J connectivity index is 2.26. The maximum Gasteiger partial charge on any atom is 0.0969 e. The van der Waals surface area contributed by atoms with Crippen LogP contribution >= 0.6 is 25.3 Å². The average molecular weight is 177 g/mol. The van der Waals surface area contributed by atoms with Gasteiger partial charge in [0.15, 0.2) is 0 Å². The first kappa shape index (κ1) is 8.75. The Bertz CT molecular complexity index is 97.8. The number of piperidine rings is 1. The van der Waals surface area contributed by atoms with E-state index in [9.17, 15) is 0 Å². The SMILES string of the molecule is CC1CCN(C(S)S)CC1. The highest BCUT2D eigenvalue weighted by atomic mass is 32.2. The summed E-state index contributed by atoms with van der Waals surface area (Å²) in [5.41, 5.74) is 0. The fourth-order valence-electron chi connectivity index (χ4n) is 1.26. The lowest BCUT2D eigenvalue weighted by Gasteiger charge is -2.31. The van der Waals surface area contributed by atoms with Gasteiger partial charge in [-0.15, -0.1) is 25.3 Å². The predicted molar refractivity (Wildman–Crippen MR) is 51.7 cm³/mol. The third kappa shape index (κ3) is 2.36. The van der Waals surface area contributed by atoms with E-state index in [1.165, 1.54) is 25.9 Å². The van der Waals surface area contributed by atoms with Crippen LogP contribution in [-0.2, 0) is 0 Å². The van der Waals surface area contributed by atoms with Crippen LogP contribution in [0.15, 0.2) is 0 Å². The maximum absolute atomic E-state index is 4.26. The van der Waals surface area contributed by atoms with Gasteiger partial charge in [-0.05, 0) is 18.8 Å². The zero-order chi connectivity index (χ0) is 7.56. The fraction of sp³-hybridized carbons (Fsp3) is 1.00. The van der Waals surface area contributed by atoms with Crippen molar-refractivity contribution < 1.29 is 0 Å². The quantitative estimate of drug-likeness (QED) is 0.457. The van der Waals surface area contributed by atoms with Crippen molar-refractivity contribution >= 4 is 25.3 Å². The van der Waals surface area contributed by atoms with E-state index in [-0.39, 0.29) is 4.71 Å². The summed E-state index contributed by atoms with van der Waals surface area (Å²) >= 11 is 8.52. The summed E-state index contributed by atoms with van der Waals surface area (Å²) in [7, 11) is 0. The summed E-state index contributed by atoms with van der Waals surface area (Å²) in [5, 5.41) is 0. The highest BCUT2D eigenvalue weighted by Crippen LogP contribution is 2.20. The molecular formula is C7H15NS2. The van der Waals surface area contributed by atoms with Gasteiger partial charge in [0.1, 0.15) is 0 Å².